The minimum absolute atomic E-state index is 0.0479. The van der Waals surface area contributed by atoms with Crippen LogP contribution in [0.15, 0.2) is 231 Å². The highest BCUT2D eigenvalue weighted by Gasteiger charge is 2.31. The monoisotopic (exact) mass is 972 g/mol. The molecule has 15 aromatic rings. The fourth-order valence-electron chi connectivity index (χ4n) is 13.1. The van der Waals surface area contributed by atoms with Gasteiger partial charge in [0.2, 0.25) is 0 Å². The molecular weight excluding hydrogens is 917 g/mol. The normalized spacial score (nSPS) is 12.6. The predicted octanol–water partition coefficient (Wildman–Crippen LogP) is 20.6. The van der Waals surface area contributed by atoms with E-state index in [4.69, 9.17) is 0 Å². The third-order valence-electron chi connectivity index (χ3n) is 16.7. The average Bonchev–Trinajstić information content (AvgIpc) is 4.32. The highest BCUT2D eigenvalue weighted by atomic mass is 14.9. The van der Waals surface area contributed by atoms with Gasteiger partial charge >= 0.3 is 0 Å². The molecule has 0 radical (unpaired) electrons. The van der Waals surface area contributed by atoms with Gasteiger partial charge in [-0.3, -0.25) is 0 Å². The van der Waals surface area contributed by atoms with Gasteiger partial charge in [0.25, 0.3) is 0 Å². The van der Waals surface area contributed by atoms with Gasteiger partial charge in [0.15, 0.2) is 0 Å². The van der Waals surface area contributed by atoms with E-state index in [1.54, 1.807) is 0 Å². The Balaban J connectivity index is 1.11. The Labute approximate surface area is 443 Å². The fourth-order valence-corrected chi connectivity index (χ4v) is 13.1. The minimum Gasteiger partial charge on any atom is -0.308 e. The van der Waals surface area contributed by atoms with Crippen LogP contribution in [0.25, 0.3) is 143 Å². The van der Waals surface area contributed by atoms with Crippen LogP contribution >= 0.6 is 0 Å². The van der Waals surface area contributed by atoms with E-state index in [9.17, 15) is 0 Å². The number of fused-ring (bicyclic) bond motifs is 14. The lowest BCUT2D eigenvalue weighted by Crippen LogP contribution is -2.10. The first-order chi connectivity index (χ1) is 37.0. The SMILES string of the molecule is CC(C)(C)c1ccc2c(c1)c1c3c4ccc(-c5c(-c6ccccc6)cccc5-c5ccccc5)cc4n4c5ccc(C(C)(C)C)cc5c(c5c6ccc(-c7c(-c8ccccc8)cccc7-c7ccccc7)cc6n2c15)c34. The molecule has 4 aromatic heterocycles. The number of nitrogens with zero attached hydrogens (tertiary/aromatic N) is 2. The molecule has 76 heavy (non-hydrogen) atoms. The summed E-state index contributed by atoms with van der Waals surface area (Å²) in [4.78, 5) is 0. The largest absolute Gasteiger partial charge is 0.308 e. The van der Waals surface area contributed by atoms with Gasteiger partial charge in [-0.15, -0.1) is 0 Å². The van der Waals surface area contributed by atoms with E-state index in [1.807, 2.05) is 0 Å². The van der Waals surface area contributed by atoms with Crippen LogP contribution in [0.1, 0.15) is 52.7 Å². The van der Waals surface area contributed by atoms with Crippen molar-refractivity contribution >= 4 is 76.2 Å². The molecule has 0 spiro atoms. The molecule has 11 aromatic carbocycles. The summed E-state index contributed by atoms with van der Waals surface area (Å²) >= 11 is 0. The molecule has 0 atom stereocenters. The molecule has 0 unspecified atom stereocenters. The lowest BCUT2D eigenvalue weighted by Gasteiger charge is -2.19. The third kappa shape index (κ3) is 6.47. The van der Waals surface area contributed by atoms with Crippen molar-refractivity contribution in [1.82, 2.24) is 8.80 Å². The summed E-state index contributed by atoms with van der Waals surface area (Å²) in [5.41, 5.74) is 24.7. The quantitative estimate of drug-likeness (QED) is 0.157. The first-order valence-corrected chi connectivity index (χ1v) is 26.9. The molecule has 2 heteroatoms. The second-order valence-corrected chi connectivity index (χ2v) is 23.2. The van der Waals surface area contributed by atoms with Crippen molar-refractivity contribution in [2.45, 2.75) is 52.4 Å². The predicted molar refractivity (Wildman–Crippen MR) is 326 cm³/mol. The Bertz CT molecular complexity index is 4350. The van der Waals surface area contributed by atoms with Crippen molar-refractivity contribution in [1.29, 1.82) is 0 Å². The van der Waals surface area contributed by atoms with Gasteiger partial charge in [-0.05, 0) is 125 Å². The second-order valence-electron chi connectivity index (χ2n) is 23.2. The summed E-state index contributed by atoms with van der Waals surface area (Å²) in [6.07, 6.45) is 0. The molecule has 0 aliphatic carbocycles. The Morgan fingerprint density at radius 1 is 0.250 bits per heavy atom. The molecule has 0 aliphatic rings. The molecule has 0 amide bonds. The van der Waals surface area contributed by atoms with E-state index in [0.29, 0.717) is 0 Å². The van der Waals surface area contributed by atoms with Gasteiger partial charge < -0.3 is 8.80 Å². The molecule has 4 heterocycles. The third-order valence-corrected chi connectivity index (χ3v) is 16.7. The van der Waals surface area contributed by atoms with Gasteiger partial charge in [-0.25, -0.2) is 0 Å². The topological polar surface area (TPSA) is 8.82 Å². The van der Waals surface area contributed by atoms with E-state index in [1.165, 1.54) is 154 Å². The molecule has 0 saturated carbocycles. The van der Waals surface area contributed by atoms with Crippen molar-refractivity contribution in [3.05, 3.63) is 242 Å². The van der Waals surface area contributed by atoms with Crippen molar-refractivity contribution in [3.8, 4) is 66.8 Å². The molecule has 0 bridgehead atoms. The summed E-state index contributed by atoms with van der Waals surface area (Å²) in [6, 6.07) is 86.6. The molecular formula is C74H56N2. The Hall–Kier alpha value is -8.98. The van der Waals surface area contributed by atoms with E-state index >= 15 is 0 Å². The van der Waals surface area contributed by atoms with Crippen molar-refractivity contribution < 1.29 is 0 Å². The maximum atomic E-state index is 2.64. The van der Waals surface area contributed by atoms with Gasteiger partial charge in [0, 0.05) is 43.1 Å². The van der Waals surface area contributed by atoms with Crippen molar-refractivity contribution in [2.75, 3.05) is 0 Å². The average molecular weight is 973 g/mol. The lowest BCUT2D eigenvalue weighted by atomic mass is 9.85. The second kappa shape index (κ2) is 16.3. The lowest BCUT2D eigenvalue weighted by molar-refractivity contribution is 0.591. The van der Waals surface area contributed by atoms with Crippen LogP contribution in [0.4, 0.5) is 0 Å². The summed E-state index contributed by atoms with van der Waals surface area (Å²) in [5, 5.41) is 10.5. The summed E-state index contributed by atoms with van der Waals surface area (Å²) in [6.45, 7) is 14.1. The first kappa shape index (κ1) is 44.5. The van der Waals surface area contributed by atoms with Crippen LogP contribution in [0.2, 0.25) is 0 Å². The maximum Gasteiger partial charge on any atom is 0.0634 e. The highest BCUT2D eigenvalue weighted by molar-refractivity contribution is 6.45. The van der Waals surface area contributed by atoms with Crippen LogP contribution in [0.3, 0.4) is 0 Å². The molecule has 15 rings (SSSR count). The van der Waals surface area contributed by atoms with Crippen molar-refractivity contribution in [2.24, 2.45) is 0 Å². The summed E-state index contributed by atoms with van der Waals surface area (Å²) in [5.74, 6) is 0. The van der Waals surface area contributed by atoms with Crippen LogP contribution in [0, 0.1) is 0 Å². The van der Waals surface area contributed by atoms with Crippen LogP contribution < -0.4 is 0 Å². The number of benzene rings is 11. The fraction of sp³-hybridized carbons (Fsp3) is 0.108. The van der Waals surface area contributed by atoms with Crippen LogP contribution in [-0.2, 0) is 10.8 Å². The molecule has 0 N–H and O–H groups in total. The first-order valence-electron chi connectivity index (χ1n) is 26.9. The van der Waals surface area contributed by atoms with Crippen LogP contribution in [0.5, 0.6) is 0 Å². The zero-order valence-corrected chi connectivity index (χ0v) is 43.8. The van der Waals surface area contributed by atoms with E-state index in [-0.39, 0.29) is 10.8 Å². The zero-order valence-electron chi connectivity index (χ0n) is 43.8. The Morgan fingerprint density at radius 2 is 0.566 bits per heavy atom. The number of aromatic nitrogens is 2. The van der Waals surface area contributed by atoms with E-state index in [0.717, 1.165) is 0 Å². The summed E-state index contributed by atoms with van der Waals surface area (Å²) < 4.78 is 5.28. The molecule has 0 fully saturated rings. The number of hydrogen-bond acceptors (Lipinski definition) is 0. The molecule has 362 valence electrons. The Kier molecular flexibility index (Phi) is 9.52. The smallest absolute Gasteiger partial charge is 0.0634 e. The van der Waals surface area contributed by atoms with Gasteiger partial charge in [-0.1, -0.05) is 236 Å². The molecule has 2 nitrogen and oxygen atoms in total. The highest BCUT2D eigenvalue weighted by Crippen LogP contribution is 2.54. The Morgan fingerprint density at radius 3 is 0.882 bits per heavy atom. The van der Waals surface area contributed by atoms with Gasteiger partial charge in [-0.2, -0.15) is 0 Å². The maximum absolute atomic E-state index is 2.64. The van der Waals surface area contributed by atoms with E-state index < -0.39 is 0 Å². The number of hydrogen-bond donors (Lipinski definition) is 0. The summed E-state index contributed by atoms with van der Waals surface area (Å²) in [7, 11) is 0. The molecule has 0 saturated heterocycles. The van der Waals surface area contributed by atoms with Gasteiger partial charge in [0.05, 0.1) is 33.1 Å². The molecule has 0 aliphatic heterocycles. The number of rotatable bonds is 6. The van der Waals surface area contributed by atoms with Crippen LogP contribution in [-0.4, -0.2) is 8.80 Å². The van der Waals surface area contributed by atoms with E-state index in [2.05, 4.69) is 281 Å². The van der Waals surface area contributed by atoms with Gasteiger partial charge in [0.1, 0.15) is 0 Å². The standard InChI is InChI=1S/C74H56N2/c1-73(2,3)51-35-39-61-59(43-51)69-67-57-37-33-50(66-55(47-25-15-9-16-26-47)31-20-32-56(66)48-27-17-10-18-28-48)42-64(57)76-62-40-36-52(74(4,5)6)44-60(62)70(72(67)76)68-58-38-34-49(41-63(58)75(61)71(68)69)65-53(45-21-11-7-12-22-45)29-19-30-54(65)46-23-13-8-14-24-46/h7-44H,1-6H3. The minimum atomic E-state index is -0.0479. The van der Waals surface area contributed by atoms with Crippen molar-refractivity contribution in [3.63, 3.8) is 0 Å². The zero-order chi connectivity index (χ0) is 51.2.